The van der Waals surface area contributed by atoms with E-state index in [4.69, 9.17) is 0 Å². The number of para-hydroxylation sites is 1. The lowest BCUT2D eigenvalue weighted by molar-refractivity contribution is 1.33. The fraction of sp³-hybridized carbons (Fsp3) is 0.0455. The summed E-state index contributed by atoms with van der Waals surface area (Å²) in [5.74, 6) is 0. The Kier molecular flexibility index (Phi) is 3.72. The smallest absolute Gasteiger partial charge is 0.0654 e. The molecule has 0 bridgehead atoms. The topological polar surface area (TPSA) is 24.4 Å². The van der Waals surface area contributed by atoms with Gasteiger partial charge in [0.25, 0.3) is 0 Å². The van der Waals surface area contributed by atoms with Crippen molar-refractivity contribution in [2.24, 2.45) is 5.10 Å². The molecule has 2 heteroatoms. The Bertz CT molecular complexity index is 920. The van der Waals surface area contributed by atoms with Gasteiger partial charge < -0.3 is 0 Å². The number of allylic oxidation sites excluding steroid dienone is 1. The minimum absolute atomic E-state index is 0.985. The highest BCUT2D eigenvalue weighted by molar-refractivity contribution is 6.28. The van der Waals surface area contributed by atoms with Crippen molar-refractivity contribution in [2.45, 2.75) is 6.92 Å². The van der Waals surface area contributed by atoms with E-state index in [9.17, 15) is 0 Å². The molecule has 2 nitrogen and oxygen atoms in total. The fourth-order valence-electron chi connectivity index (χ4n) is 2.95. The van der Waals surface area contributed by atoms with Crippen molar-refractivity contribution in [2.75, 3.05) is 5.43 Å². The number of nitrogens with one attached hydrogen (secondary N) is 1. The van der Waals surface area contributed by atoms with Gasteiger partial charge in [0.15, 0.2) is 0 Å². The number of hydrogen-bond acceptors (Lipinski definition) is 2. The fourth-order valence-corrected chi connectivity index (χ4v) is 2.95. The average molecular weight is 310 g/mol. The van der Waals surface area contributed by atoms with E-state index in [0.717, 1.165) is 22.5 Å². The molecular formula is C22H18N2. The molecule has 0 amide bonds. The Morgan fingerprint density at radius 3 is 2.08 bits per heavy atom. The van der Waals surface area contributed by atoms with Gasteiger partial charge in [0.1, 0.15) is 0 Å². The van der Waals surface area contributed by atoms with Crippen molar-refractivity contribution in [3.63, 3.8) is 0 Å². The first-order valence-corrected chi connectivity index (χ1v) is 8.08. The van der Waals surface area contributed by atoms with Crippen LogP contribution in [0.1, 0.15) is 18.1 Å². The molecule has 1 aliphatic rings. The highest BCUT2D eigenvalue weighted by atomic mass is 15.3. The molecule has 4 rings (SSSR count). The Labute approximate surface area is 142 Å². The second kappa shape index (κ2) is 6.17. The van der Waals surface area contributed by atoms with Crippen LogP contribution < -0.4 is 5.43 Å². The minimum atomic E-state index is 0.985. The lowest BCUT2D eigenvalue weighted by Crippen LogP contribution is -1.98. The zero-order valence-electron chi connectivity index (χ0n) is 13.5. The summed E-state index contributed by atoms with van der Waals surface area (Å²) in [7, 11) is 0. The normalized spacial score (nSPS) is 13.2. The summed E-state index contributed by atoms with van der Waals surface area (Å²) in [5.41, 5.74) is 11.1. The molecule has 3 aromatic carbocycles. The van der Waals surface area contributed by atoms with Crippen molar-refractivity contribution in [1.29, 1.82) is 0 Å². The van der Waals surface area contributed by atoms with E-state index in [0.29, 0.717) is 0 Å². The van der Waals surface area contributed by atoms with Crippen molar-refractivity contribution < 1.29 is 0 Å². The van der Waals surface area contributed by atoms with Gasteiger partial charge in [-0.1, -0.05) is 72.8 Å². The summed E-state index contributed by atoms with van der Waals surface area (Å²) >= 11 is 0. The average Bonchev–Trinajstić information content (AvgIpc) is 2.82. The third-order valence-electron chi connectivity index (χ3n) is 4.30. The molecule has 1 N–H and O–H groups in total. The van der Waals surface area contributed by atoms with E-state index in [2.05, 4.69) is 71.2 Å². The van der Waals surface area contributed by atoms with Crippen LogP contribution in [0.2, 0.25) is 0 Å². The summed E-state index contributed by atoms with van der Waals surface area (Å²) in [4.78, 5) is 0. The number of rotatable bonds is 2. The Hall–Kier alpha value is -3.13. The van der Waals surface area contributed by atoms with Crippen LogP contribution in [-0.2, 0) is 0 Å². The number of hydrazone groups is 1. The maximum Gasteiger partial charge on any atom is 0.0654 e. The monoisotopic (exact) mass is 310 g/mol. The first-order chi connectivity index (χ1) is 11.8. The quantitative estimate of drug-likeness (QED) is 0.645. The number of benzene rings is 3. The molecule has 0 saturated heterocycles. The third kappa shape index (κ3) is 2.74. The molecule has 0 radical (unpaired) electrons. The van der Waals surface area contributed by atoms with Gasteiger partial charge in [0.2, 0.25) is 0 Å². The number of anilines is 1. The van der Waals surface area contributed by atoms with Gasteiger partial charge in [0.05, 0.1) is 11.4 Å². The molecule has 3 aromatic rings. The van der Waals surface area contributed by atoms with Gasteiger partial charge in [-0.3, -0.25) is 5.43 Å². The maximum atomic E-state index is 4.50. The van der Waals surface area contributed by atoms with Crippen LogP contribution in [0.5, 0.6) is 0 Å². The summed E-state index contributed by atoms with van der Waals surface area (Å²) in [5, 5.41) is 4.50. The van der Waals surface area contributed by atoms with Gasteiger partial charge in [0, 0.05) is 11.1 Å². The SMILES string of the molecule is CC1=NNc2ccccc2C=C1c1ccc(-c2ccccc2)cc1. The molecule has 0 atom stereocenters. The van der Waals surface area contributed by atoms with Crippen LogP contribution in [0.15, 0.2) is 84.0 Å². The van der Waals surface area contributed by atoms with Gasteiger partial charge in [-0.25, -0.2) is 0 Å². The lowest BCUT2D eigenvalue weighted by Gasteiger charge is -2.08. The summed E-state index contributed by atoms with van der Waals surface area (Å²) < 4.78 is 0. The maximum absolute atomic E-state index is 4.50. The molecule has 0 fully saturated rings. The summed E-state index contributed by atoms with van der Waals surface area (Å²) in [6.45, 7) is 2.04. The van der Waals surface area contributed by atoms with Crippen molar-refractivity contribution in [3.8, 4) is 11.1 Å². The lowest BCUT2D eigenvalue weighted by atomic mass is 9.96. The van der Waals surface area contributed by atoms with E-state index in [1.807, 2.05) is 31.2 Å². The Morgan fingerprint density at radius 1 is 0.667 bits per heavy atom. The number of nitrogens with zero attached hydrogens (tertiary/aromatic N) is 1. The van der Waals surface area contributed by atoms with E-state index in [1.165, 1.54) is 16.7 Å². The zero-order valence-corrected chi connectivity index (χ0v) is 13.5. The molecule has 0 aromatic heterocycles. The molecule has 1 aliphatic heterocycles. The molecule has 0 unspecified atom stereocenters. The first-order valence-electron chi connectivity index (χ1n) is 8.08. The highest BCUT2D eigenvalue weighted by Crippen LogP contribution is 2.28. The summed E-state index contributed by atoms with van der Waals surface area (Å²) in [6.07, 6.45) is 2.20. The molecule has 0 saturated carbocycles. The Balaban J connectivity index is 1.74. The van der Waals surface area contributed by atoms with Crippen LogP contribution in [0.25, 0.3) is 22.8 Å². The predicted octanol–water partition coefficient (Wildman–Crippen LogP) is 5.70. The second-order valence-electron chi connectivity index (χ2n) is 5.90. The molecule has 0 spiro atoms. The number of hydrogen-bond donors (Lipinski definition) is 1. The molecule has 116 valence electrons. The van der Waals surface area contributed by atoms with Crippen molar-refractivity contribution >= 4 is 23.0 Å². The van der Waals surface area contributed by atoms with Crippen molar-refractivity contribution in [1.82, 2.24) is 0 Å². The van der Waals surface area contributed by atoms with Gasteiger partial charge >= 0.3 is 0 Å². The van der Waals surface area contributed by atoms with Crippen LogP contribution >= 0.6 is 0 Å². The van der Waals surface area contributed by atoms with Gasteiger partial charge in [-0.2, -0.15) is 5.10 Å². The van der Waals surface area contributed by atoms with Gasteiger partial charge in [-0.05, 0) is 35.8 Å². The van der Waals surface area contributed by atoms with E-state index < -0.39 is 0 Å². The summed E-state index contributed by atoms with van der Waals surface area (Å²) in [6, 6.07) is 27.3. The van der Waals surface area contributed by atoms with Crippen molar-refractivity contribution in [3.05, 3.63) is 90.0 Å². The van der Waals surface area contributed by atoms with E-state index in [1.54, 1.807) is 0 Å². The van der Waals surface area contributed by atoms with Crippen LogP contribution in [0, 0.1) is 0 Å². The minimum Gasteiger partial charge on any atom is -0.278 e. The molecule has 24 heavy (non-hydrogen) atoms. The van der Waals surface area contributed by atoms with Gasteiger partial charge in [-0.15, -0.1) is 0 Å². The van der Waals surface area contributed by atoms with E-state index >= 15 is 0 Å². The molecular weight excluding hydrogens is 292 g/mol. The second-order valence-corrected chi connectivity index (χ2v) is 5.90. The van der Waals surface area contributed by atoms with Crippen LogP contribution in [-0.4, -0.2) is 5.71 Å². The Morgan fingerprint density at radius 2 is 1.29 bits per heavy atom. The van der Waals surface area contributed by atoms with Crippen LogP contribution in [0.4, 0.5) is 5.69 Å². The first kappa shape index (κ1) is 14.5. The molecule has 1 heterocycles. The standard InChI is InChI=1S/C22H18N2/c1-16-21(15-20-9-5-6-10-22(20)24-23-16)19-13-11-18(12-14-19)17-7-3-2-4-8-17/h2-15,24H,1H3. The molecule has 0 aliphatic carbocycles. The van der Waals surface area contributed by atoms with Crippen LogP contribution in [0.3, 0.4) is 0 Å². The predicted molar refractivity (Wildman–Crippen MR) is 103 cm³/mol. The third-order valence-corrected chi connectivity index (χ3v) is 4.30. The number of fused-ring (bicyclic) bond motifs is 1. The zero-order chi connectivity index (χ0) is 16.4. The van der Waals surface area contributed by atoms with E-state index in [-0.39, 0.29) is 0 Å². The largest absolute Gasteiger partial charge is 0.278 e. The highest BCUT2D eigenvalue weighted by Gasteiger charge is 2.11.